The van der Waals surface area contributed by atoms with Crippen molar-refractivity contribution in [3.63, 3.8) is 0 Å². The number of hydrogen-bond donors (Lipinski definition) is 1. The van der Waals surface area contributed by atoms with Gasteiger partial charge in [-0.1, -0.05) is 17.7 Å². The van der Waals surface area contributed by atoms with E-state index in [4.69, 9.17) is 4.74 Å². The summed E-state index contributed by atoms with van der Waals surface area (Å²) in [5.74, 6) is -0.766. The van der Waals surface area contributed by atoms with Gasteiger partial charge in [-0.05, 0) is 25.1 Å². The van der Waals surface area contributed by atoms with Crippen LogP contribution in [0.15, 0.2) is 42.5 Å². The minimum Gasteiger partial charge on any atom is -0.494 e. The van der Waals surface area contributed by atoms with Gasteiger partial charge >= 0.3 is 0 Å². The Morgan fingerprint density at radius 1 is 1.26 bits per heavy atom. The summed E-state index contributed by atoms with van der Waals surface area (Å²) in [5.41, 5.74) is 2.04. The molecule has 1 fully saturated rings. The quantitative estimate of drug-likeness (QED) is 0.645. The van der Waals surface area contributed by atoms with Crippen LogP contribution in [0.3, 0.4) is 0 Å². The van der Waals surface area contributed by atoms with E-state index in [0.717, 1.165) is 5.56 Å². The van der Waals surface area contributed by atoms with E-state index in [-0.39, 0.29) is 36.2 Å². The first kappa shape index (κ1) is 18.4. The molecule has 8 heteroatoms. The Morgan fingerprint density at radius 2 is 1.96 bits per heavy atom. The van der Waals surface area contributed by atoms with Crippen LogP contribution < -0.4 is 15.0 Å². The number of rotatable bonds is 5. The van der Waals surface area contributed by atoms with Gasteiger partial charge < -0.3 is 15.0 Å². The highest BCUT2D eigenvalue weighted by atomic mass is 16.6. The molecule has 0 aliphatic carbocycles. The highest BCUT2D eigenvalue weighted by Gasteiger charge is 2.36. The van der Waals surface area contributed by atoms with Crippen molar-refractivity contribution in [2.45, 2.75) is 13.3 Å². The third-order valence-corrected chi connectivity index (χ3v) is 4.48. The molecule has 1 atom stereocenters. The number of carbonyl (C=O) groups excluding carboxylic acids is 2. The molecule has 0 spiro atoms. The summed E-state index contributed by atoms with van der Waals surface area (Å²) >= 11 is 0. The Labute approximate surface area is 155 Å². The first-order chi connectivity index (χ1) is 12.9. The van der Waals surface area contributed by atoms with E-state index in [9.17, 15) is 19.7 Å². The van der Waals surface area contributed by atoms with Crippen LogP contribution in [0.2, 0.25) is 0 Å². The minimum absolute atomic E-state index is 0.0673. The molecule has 2 amide bonds. The third-order valence-electron chi connectivity index (χ3n) is 4.48. The topological polar surface area (TPSA) is 102 Å². The molecule has 3 rings (SSSR count). The number of benzene rings is 2. The van der Waals surface area contributed by atoms with Crippen molar-refractivity contribution in [3.05, 3.63) is 58.1 Å². The van der Waals surface area contributed by atoms with E-state index in [0.29, 0.717) is 11.4 Å². The van der Waals surface area contributed by atoms with Gasteiger partial charge in [-0.25, -0.2) is 0 Å². The molecule has 1 N–H and O–H groups in total. The van der Waals surface area contributed by atoms with Gasteiger partial charge in [0.1, 0.15) is 5.75 Å². The number of carbonyl (C=O) groups is 2. The molecule has 140 valence electrons. The summed E-state index contributed by atoms with van der Waals surface area (Å²) in [7, 11) is 1.38. The Kier molecular flexibility index (Phi) is 5.07. The van der Waals surface area contributed by atoms with Crippen LogP contribution in [0.25, 0.3) is 0 Å². The smallest absolute Gasteiger partial charge is 0.273 e. The molecule has 2 aromatic rings. The molecule has 27 heavy (non-hydrogen) atoms. The molecule has 0 radical (unpaired) electrons. The summed E-state index contributed by atoms with van der Waals surface area (Å²) in [6.07, 6.45) is 0.0673. The first-order valence-electron chi connectivity index (χ1n) is 8.39. The van der Waals surface area contributed by atoms with E-state index in [1.54, 1.807) is 12.1 Å². The van der Waals surface area contributed by atoms with Crippen LogP contribution in [0.1, 0.15) is 12.0 Å². The molecule has 0 aromatic heterocycles. The molecule has 0 unspecified atom stereocenters. The van der Waals surface area contributed by atoms with Crippen LogP contribution in [0.4, 0.5) is 17.1 Å². The van der Waals surface area contributed by atoms with Crippen molar-refractivity contribution in [1.29, 1.82) is 0 Å². The number of nitrogens with one attached hydrogen (secondary N) is 1. The predicted octanol–water partition coefficient (Wildman–Crippen LogP) is 2.90. The number of amides is 2. The molecular formula is C19H19N3O5. The predicted molar refractivity (Wildman–Crippen MR) is 99.9 cm³/mol. The molecule has 0 bridgehead atoms. The van der Waals surface area contributed by atoms with Crippen LogP contribution in [0, 0.1) is 23.0 Å². The fourth-order valence-electron chi connectivity index (χ4n) is 3.00. The average molecular weight is 369 g/mol. The van der Waals surface area contributed by atoms with Crippen molar-refractivity contribution in [2.24, 2.45) is 5.92 Å². The van der Waals surface area contributed by atoms with Gasteiger partial charge in [-0.2, -0.15) is 0 Å². The Bertz CT molecular complexity index is 895. The largest absolute Gasteiger partial charge is 0.494 e. The van der Waals surface area contributed by atoms with Gasteiger partial charge in [-0.15, -0.1) is 0 Å². The lowest BCUT2D eigenvalue weighted by Gasteiger charge is -2.19. The molecule has 1 saturated heterocycles. The maximum absolute atomic E-state index is 12.5. The lowest BCUT2D eigenvalue weighted by Crippen LogP contribution is -2.28. The second-order valence-corrected chi connectivity index (χ2v) is 6.37. The van der Waals surface area contributed by atoms with Crippen molar-refractivity contribution >= 4 is 28.9 Å². The second kappa shape index (κ2) is 7.45. The Morgan fingerprint density at radius 3 is 2.59 bits per heavy atom. The first-order valence-corrected chi connectivity index (χ1v) is 8.39. The van der Waals surface area contributed by atoms with Gasteiger partial charge in [0, 0.05) is 24.7 Å². The summed E-state index contributed by atoms with van der Waals surface area (Å²) in [4.78, 5) is 36.8. The maximum Gasteiger partial charge on any atom is 0.273 e. The number of methoxy groups -OCH3 is 1. The van der Waals surface area contributed by atoms with E-state index in [1.165, 1.54) is 30.2 Å². The zero-order valence-electron chi connectivity index (χ0n) is 15.0. The minimum atomic E-state index is -0.532. The number of ether oxygens (including phenoxy) is 1. The van der Waals surface area contributed by atoms with E-state index in [1.807, 2.05) is 19.1 Å². The van der Waals surface area contributed by atoms with Crippen molar-refractivity contribution in [1.82, 2.24) is 0 Å². The molecule has 1 aliphatic heterocycles. The van der Waals surface area contributed by atoms with Crippen LogP contribution >= 0.6 is 0 Å². The average Bonchev–Trinajstić information content (AvgIpc) is 3.04. The molecule has 2 aromatic carbocycles. The van der Waals surface area contributed by atoms with Crippen molar-refractivity contribution in [3.8, 4) is 5.75 Å². The fraction of sp³-hybridized carbons (Fsp3) is 0.263. The van der Waals surface area contributed by atoms with Gasteiger partial charge in [-0.3, -0.25) is 19.7 Å². The van der Waals surface area contributed by atoms with Gasteiger partial charge in [0.2, 0.25) is 11.8 Å². The van der Waals surface area contributed by atoms with Gasteiger partial charge in [0.15, 0.2) is 0 Å². The number of aryl methyl sites for hydroxylation is 1. The number of non-ortho nitro benzene ring substituents is 1. The lowest BCUT2D eigenvalue weighted by atomic mass is 10.1. The third kappa shape index (κ3) is 3.89. The number of nitro benzene ring substituents is 1. The normalized spacial score (nSPS) is 16.3. The number of anilines is 2. The summed E-state index contributed by atoms with van der Waals surface area (Å²) in [6.45, 7) is 2.14. The zero-order chi connectivity index (χ0) is 19.6. The monoisotopic (exact) mass is 369 g/mol. The standard InChI is InChI=1S/C19H19N3O5/c1-12-3-5-14(6-4-12)20-19(24)13-9-18(23)21(11-13)16-8-7-15(22(25)26)10-17(16)27-2/h3-8,10,13H,9,11H2,1-2H3,(H,20,24)/t13-/m1/s1. The Balaban J connectivity index is 1.76. The number of nitrogens with zero attached hydrogens (tertiary/aromatic N) is 2. The van der Waals surface area contributed by atoms with E-state index in [2.05, 4.69) is 5.32 Å². The summed E-state index contributed by atoms with van der Waals surface area (Å²) in [5, 5.41) is 13.7. The van der Waals surface area contributed by atoms with Crippen LogP contribution in [-0.2, 0) is 9.59 Å². The molecule has 8 nitrogen and oxygen atoms in total. The summed E-state index contributed by atoms with van der Waals surface area (Å²) in [6, 6.07) is 11.4. The lowest BCUT2D eigenvalue weighted by molar-refractivity contribution is -0.384. The van der Waals surface area contributed by atoms with Crippen LogP contribution in [-0.4, -0.2) is 30.4 Å². The fourth-order valence-corrected chi connectivity index (χ4v) is 3.00. The maximum atomic E-state index is 12.5. The number of nitro groups is 1. The second-order valence-electron chi connectivity index (χ2n) is 6.37. The molecule has 0 saturated carbocycles. The van der Waals surface area contributed by atoms with Crippen LogP contribution in [0.5, 0.6) is 5.75 Å². The van der Waals surface area contributed by atoms with Gasteiger partial charge in [0.05, 0.1) is 29.7 Å². The molecule has 1 aliphatic rings. The van der Waals surface area contributed by atoms with E-state index < -0.39 is 10.8 Å². The highest BCUT2D eigenvalue weighted by Crippen LogP contribution is 2.36. The van der Waals surface area contributed by atoms with Gasteiger partial charge in [0.25, 0.3) is 5.69 Å². The van der Waals surface area contributed by atoms with Crippen molar-refractivity contribution < 1.29 is 19.2 Å². The highest BCUT2D eigenvalue weighted by molar-refractivity contribution is 6.04. The van der Waals surface area contributed by atoms with E-state index >= 15 is 0 Å². The zero-order valence-corrected chi connectivity index (χ0v) is 15.0. The Hall–Kier alpha value is -3.42. The molecule has 1 heterocycles. The van der Waals surface area contributed by atoms with Crippen molar-refractivity contribution in [2.75, 3.05) is 23.9 Å². The SMILES string of the molecule is COc1cc([N+](=O)[O-])ccc1N1C[C@H](C(=O)Nc2ccc(C)cc2)CC1=O. The number of hydrogen-bond acceptors (Lipinski definition) is 5. The summed E-state index contributed by atoms with van der Waals surface area (Å²) < 4.78 is 5.20. The molecular weight excluding hydrogens is 350 g/mol.